The Kier molecular flexibility index (Phi) is 10.6. The first-order valence-corrected chi connectivity index (χ1v) is 9.71. The van der Waals surface area contributed by atoms with Gasteiger partial charge in [0.25, 0.3) is 0 Å². The Morgan fingerprint density at radius 1 is 1.12 bits per heavy atom. The van der Waals surface area contributed by atoms with Crippen LogP contribution >= 0.6 is 0 Å². The van der Waals surface area contributed by atoms with Crippen LogP contribution in [0.15, 0.2) is 23.0 Å². The SMILES string of the molecule is CN(C)C[C@@H]1OC[C@H]2CN(Cc3ccoc3)CC[C@H]21.O=C(O)C(F)(F)F.O=C(O)C(F)(F)F. The van der Waals surface area contributed by atoms with Gasteiger partial charge in [-0.15, -0.1) is 0 Å². The Hall–Kier alpha value is -2.32. The average Bonchev–Trinajstić information content (AvgIpc) is 3.31. The van der Waals surface area contributed by atoms with E-state index in [0.29, 0.717) is 12.0 Å². The van der Waals surface area contributed by atoms with Crippen LogP contribution in [0.1, 0.15) is 12.0 Å². The first kappa shape index (κ1) is 28.7. The molecule has 0 aromatic carbocycles. The molecule has 3 heterocycles. The lowest BCUT2D eigenvalue weighted by Gasteiger charge is -2.35. The number of nitrogens with zero attached hydrogens (tertiary/aromatic N) is 2. The first-order valence-electron chi connectivity index (χ1n) is 9.71. The summed E-state index contributed by atoms with van der Waals surface area (Å²) in [5.74, 6) is -4.05. The van der Waals surface area contributed by atoms with Crippen molar-refractivity contribution in [2.45, 2.75) is 31.4 Å². The molecule has 190 valence electrons. The van der Waals surface area contributed by atoms with Gasteiger partial charge in [-0.3, -0.25) is 4.90 Å². The van der Waals surface area contributed by atoms with Crippen molar-refractivity contribution in [3.8, 4) is 0 Å². The molecule has 0 saturated carbocycles. The van der Waals surface area contributed by atoms with Crippen LogP contribution in [-0.2, 0) is 20.9 Å². The quantitative estimate of drug-likeness (QED) is 0.619. The number of likely N-dealkylation sites (tertiary alicyclic amines) is 1. The molecule has 2 saturated heterocycles. The lowest BCUT2D eigenvalue weighted by Crippen LogP contribution is -2.42. The second-order valence-corrected chi connectivity index (χ2v) is 7.82. The first-order chi connectivity index (χ1) is 15.1. The summed E-state index contributed by atoms with van der Waals surface area (Å²) in [6.07, 6.45) is -4.85. The van der Waals surface area contributed by atoms with Crippen molar-refractivity contribution in [1.82, 2.24) is 9.80 Å². The third-order valence-electron chi connectivity index (χ3n) is 4.90. The molecule has 0 aliphatic carbocycles. The highest BCUT2D eigenvalue weighted by Crippen LogP contribution is 2.35. The van der Waals surface area contributed by atoms with E-state index in [2.05, 4.69) is 30.0 Å². The van der Waals surface area contributed by atoms with E-state index < -0.39 is 24.3 Å². The fourth-order valence-corrected chi connectivity index (χ4v) is 3.49. The Balaban J connectivity index is 0.000000324. The van der Waals surface area contributed by atoms with Crippen molar-refractivity contribution in [1.29, 1.82) is 0 Å². The molecule has 2 aliphatic heterocycles. The molecule has 1 aromatic heterocycles. The van der Waals surface area contributed by atoms with Gasteiger partial charge in [-0.1, -0.05) is 0 Å². The molecule has 3 atom stereocenters. The number of ether oxygens (including phenoxy) is 1. The van der Waals surface area contributed by atoms with E-state index in [4.69, 9.17) is 29.0 Å². The maximum atomic E-state index is 10.6. The molecule has 2 aliphatic rings. The van der Waals surface area contributed by atoms with Crippen molar-refractivity contribution in [2.75, 3.05) is 40.3 Å². The van der Waals surface area contributed by atoms with Crippen molar-refractivity contribution in [3.05, 3.63) is 24.2 Å². The molecular weight excluding hydrogens is 466 g/mol. The Labute approximate surface area is 185 Å². The minimum Gasteiger partial charge on any atom is -0.475 e. The lowest BCUT2D eigenvalue weighted by atomic mass is 9.84. The molecule has 33 heavy (non-hydrogen) atoms. The van der Waals surface area contributed by atoms with Gasteiger partial charge in [0.15, 0.2) is 0 Å². The van der Waals surface area contributed by atoms with E-state index in [9.17, 15) is 26.3 Å². The number of carboxylic acid groups (broad SMARTS) is 2. The average molecular weight is 492 g/mol. The van der Waals surface area contributed by atoms with Crippen LogP contribution < -0.4 is 0 Å². The predicted octanol–water partition coefficient (Wildman–Crippen LogP) is 2.94. The number of fused-ring (bicyclic) bond motifs is 1. The van der Waals surface area contributed by atoms with Crippen molar-refractivity contribution < 1.29 is 55.3 Å². The van der Waals surface area contributed by atoms with Crippen LogP contribution in [-0.4, -0.2) is 90.7 Å². The van der Waals surface area contributed by atoms with Gasteiger partial charge in [-0.2, -0.15) is 26.3 Å². The van der Waals surface area contributed by atoms with Crippen LogP contribution in [0.25, 0.3) is 0 Å². The minimum absolute atomic E-state index is 0.441. The lowest BCUT2D eigenvalue weighted by molar-refractivity contribution is -0.193. The number of alkyl halides is 6. The highest BCUT2D eigenvalue weighted by molar-refractivity contribution is 5.73. The number of piperidine rings is 1. The molecular formula is C19H26F6N2O6. The summed E-state index contributed by atoms with van der Waals surface area (Å²) in [5.41, 5.74) is 1.28. The van der Waals surface area contributed by atoms with Crippen molar-refractivity contribution in [2.24, 2.45) is 11.8 Å². The van der Waals surface area contributed by atoms with Gasteiger partial charge in [0.2, 0.25) is 0 Å². The largest absolute Gasteiger partial charge is 0.490 e. The molecule has 14 heteroatoms. The molecule has 0 unspecified atom stereocenters. The summed E-state index contributed by atoms with van der Waals surface area (Å²) < 4.78 is 74.6. The fraction of sp³-hybridized carbons (Fsp3) is 0.684. The number of likely N-dealkylation sites (N-methyl/N-ethyl adjacent to an activating group) is 1. The number of aliphatic carboxylic acids is 2. The molecule has 0 bridgehead atoms. The Morgan fingerprint density at radius 3 is 2.09 bits per heavy atom. The molecule has 2 fully saturated rings. The molecule has 0 spiro atoms. The number of carbonyl (C=O) groups is 2. The maximum absolute atomic E-state index is 10.6. The normalized spacial score (nSPS) is 23.1. The maximum Gasteiger partial charge on any atom is 0.490 e. The van der Waals surface area contributed by atoms with Gasteiger partial charge < -0.3 is 24.3 Å². The Morgan fingerprint density at radius 2 is 1.67 bits per heavy atom. The number of rotatable bonds is 4. The number of hydrogen-bond acceptors (Lipinski definition) is 6. The fourth-order valence-electron chi connectivity index (χ4n) is 3.49. The van der Waals surface area contributed by atoms with Crippen LogP contribution in [0.4, 0.5) is 26.3 Å². The number of carboxylic acids is 2. The standard InChI is InChI=1S/C15H24N2O2.2C2HF3O2/c1-16(2)9-15-14-3-5-17(8-13(14)11-19-15)7-12-4-6-18-10-12;2*3-2(4,5)1(6)7/h4,6,10,13-15H,3,5,7-9,11H2,1-2H3;2*(H,6,7)/t13-,14-,15+;;/m1../s1. The molecule has 0 amide bonds. The highest BCUT2D eigenvalue weighted by atomic mass is 19.4. The van der Waals surface area contributed by atoms with Gasteiger partial charge in [0, 0.05) is 31.1 Å². The van der Waals surface area contributed by atoms with Gasteiger partial charge >= 0.3 is 24.3 Å². The number of hydrogen-bond donors (Lipinski definition) is 2. The van der Waals surface area contributed by atoms with E-state index in [-0.39, 0.29) is 0 Å². The summed E-state index contributed by atoms with van der Waals surface area (Å²) in [7, 11) is 4.26. The summed E-state index contributed by atoms with van der Waals surface area (Å²) in [5, 5.41) is 14.2. The molecule has 3 rings (SSSR count). The summed E-state index contributed by atoms with van der Waals surface area (Å²) in [4.78, 5) is 22.6. The summed E-state index contributed by atoms with van der Waals surface area (Å²) >= 11 is 0. The minimum atomic E-state index is -5.08. The van der Waals surface area contributed by atoms with Crippen LogP contribution in [0.2, 0.25) is 0 Å². The third-order valence-corrected chi connectivity index (χ3v) is 4.90. The second kappa shape index (κ2) is 12.2. The summed E-state index contributed by atoms with van der Waals surface area (Å²) in [6.45, 7) is 5.35. The zero-order chi connectivity index (χ0) is 25.4. The smallest absolute Gasteiger partial charge is 0.475 e. The number of halogens is 6. The number of furan rings is 1. The van der Waals surface area contributed by atoms with E-state index in [1.54, 1.807) is 6.26 Å². The molecule has 8 nitrogen and oxygen atoms in total. The van der Waals surface area contributed by atoms with Gasteiger partial charge in [0.1, 0.15) is 0 Å². The van der Waals surface area contributed by atoms with Gasteiger partial charge in [-0.05, 0) is 39.0 Å². The van der Waals surface area contributed by atoms with E-state index >= 15 is 0 Å². The Bertz CT molecular complexity index is 714. The topological polar surface area (TPSA) is 103 Å². The zero-order valence-electron chi connectivity index (χ0n) is 17.9. The second-order valence-electron chi connectivity index (χ2n) is 7.82. The van der Waals surface area contributed by atoms with Crippen LogP contribution in [0.5, 0.6) is 0 Å². The predicted molar refractivity (Wildman–Crippen MR) is 101 cm³/mol. The van der Waals surface area contributed by atoms with Gasteiger partial charge in [0.05, 0.1) is 25.2 Å². The highest BCUT2D eigenvalue weighted by Gasteiger charge is 2.41. The van der Waals surface area contributed by atoms with E-state index in [1.807, 2.05) is 6.26 Å². The monoisotopic (exact) mass is 492 g/mol. The molecule has 0 radical (unpaired) electrons. The van der Waals surface area contributed by atoms with E-state index in [1.165, 1.54) is 25.1 Å². The third kappa shape index (κ3) is 10.4. The van der Waals surface area contributed by atoms with Crippen molar-refractivity contribution >= 4 is 11.9 Å². The van der Waals surface area contributed by atoms with Gasteiger partial charge in [-0.25, -0.2) is 9.59 Å². The van der Waals surface area contributed by atoms with Crippen LogP contribution in [0.3, 0.4) is 0 Å². The molecule has 1 aromatic rings. The molecule has 2 N–H and O–H groups in total. The van der Waals surface area contributed by atoms with Crippen LogP contribution in [0, 0.1) is 11.8 Å². The van der Waals surface area contributed by atoms with Crippen molar-refractivity contribution in [3.63, 3.8) is 0 Å². The van der Waals surface area contributed by atoms with E-state index in [0.717, 1.165) is 25.6 Å². The zero-order valence-corrected chi connectivity index (χ0v) is 17.9. The summed E-state index contributed by atoms with van der Waals surface area (Å²) in [6, 6.07) is 2.06.